The molecule has 0 bridgehead atoms. The number of likely N-dealkylation sites (N-methyl/N-ethyl adjacent to an activating group) is 1. The summed E-state index contributed by atoms with van der Waals surface area (Å²) in [4.78, 5) is 41.8. The highest BCUT2D eigenvalue weighted by molar-refractivity contribution is 5.93. The van der Waals surface area contributed by atoms with Gasteiger partial charge in [-0.1, -0.05) is 81.0 Å². The summed E-state index contributed by atoms with van der Waals surface area (Å²) in [7, 11) is 1.51. The zero-order valence-corrected chi connectivity index (χ0v) is 23.8. The summed E-state index contributed by atoms with van der Waals surface area (Å²) in [5.41, 5.74) is 1.73. The fourth-order valence-electron chi connectivity index (χ4n) is 4.75. The summed E-state index contributed by atoms with van der Waals surface area (Å²) in [5, 5.41) is 19.6. The summed E-state index contributed by atoms with van der Waals surface area (Å²) in [6, 6.07) is 14.3. The Balaban J connectivity index is 1.95. The van der Waals surface area contributed by atoms with E-state index >= 15 is 0 Å². The van der Waals surface area contributed by atoms with Crippen LogP contribution < -0.4 is 20.7 Å². The van der Waals surface area contributed by atoms with Gasteiger partial charge in [0.2, 0.25) is 17.7 Å². The molecule has 0 saturated heterocycles. The van der Waals surface area contributed by atoms with Crippen molar-refractivity contribution < 1.29 is 24.2 Å². The van der Waals surface area contributed by atoms with Crippen molar-refractivity contribution in [3.8, 4) is 5.75 Å². The maximum Gasteiger partial charge on any atom is 0.246 e. The van der Waals surface area contributed by atoms with E-state index in [1.165, 1.54) is 18.9 Å². The first kappa shape index (κ1) is 30.8. The molecular formula is C31H42N4O5. The van der Waals surface area contributed by atoms with E-state index < -0.39 is 30.1 Å². The molecule has 2 aromatic carbocycles. The number of para-hydroxylation sites is 1. The van der Waals surface area contributed by atoms with Crippen molar-refractivity contribution in [1.29, 1.82) is 0 Å². The van der Waals surface area contributed by atoms with E-state index in [0.717, 1.165) is 17.5 Å². The van der Waals surface area contributed by atoms with Gasteiger partial charge in [-0.05, 0) is 24.5 Å². The predicted molar refractivity (Wildman–Crippen MR) is 156 cm³/mol. The number of benzene rings is 2. The zero-order chi connectivity index (χ0) is 29.1. The van der Waals surface area contributed by atoms with Crippen LogP contribution in [0.25, 0.3) is 6.08 Å². The summed E-state index contributed by atoms with van der Waals surface area (Å²) >= 11 is 0. The molecule has 9 heteroatoms. The van der Waals surface area contributed by atoms with Crippen LogP contribution in [0.3, 0.4) is 0 Å². The molecule has 4 N–H and O–H groups in total. The number of carbonyl (C=O) groups excluding carboxylic acids is 3. The average molecular weight is 551 g/mol. The minimum absolute atomic E-state index is 0.0370. The van der Waals surface area contributed by atoms with Gasteiger partial charge in [0.1, 0.15) is 24.4 Å². The van der Waals surface area contributed by atoms with Crippen molar-refractivity contribution in [2.24, 2.45) is 5.92 Å². The number of aliphatic hydroxyl groups is 1. The highest BCUT2D eigenvalue weighted by Crippen LogP contribution is 2.20. The molecular weight excluding hydrogens is 508 g/mol. The third kappa shape index (κ3) is 8.40. The first-order chi connectivity index (χ1) is 19.2. The summed E-state index contributed by atoms with van der Waals surface area (Å²) < 4.78 is 6.01. The molecule has 0 saturated carbocycles. The predicted octanol–water partition coefficient (Wildman–Crippen LogP) is 2.15. The third-order valence-corrected chi connectivity index (χ3v) is 7.22. The van der Waals surface area contributed by atoms with Gasteiger partial charge in [0.15, 0.2) is 0 Å². The van der Waals surface area contributed by atoms with E-state index in [1.807, 2.05) is 80.6 Å². The van der Waals surface area contributed by atoms with E-state index in [2.05, 4.69) is 16.0 Å². The molecule has 9 nitrogen and oxygen atoms in total. The molecule has 5 atom stereocenters. The third-order valence-electron chi connectivity index (χ3n) is 7.22. The molecule has 0 spiro atoms. The van der Waals surface area contributed by atoms with Crippen molar-refractivity contribution >= 4 is 23.8 Å². The van der Waals surface area contributed by atoms with E-state index in [4.69, 9.17) is 4.74 Å². The van der Waals surface area contributed by atoms with Crippen molar-refractivity contribution in [2.75, 3.05) is 26.7 Å². The summed E-state index contributed by atoms with van der Waals surface area (Å²) in [6.45, 7) is 6.41. The monoisotopic (exact) mass is 550 g/mol. The Morgan fingerprint density at radius 1 is 1.02 bits per heavy atom. The SMILES string of the molecule is CCC(C)[C@@H]1NCCOc2ccccc2/C=C\CNC(=O)[C@@H](Cc2ccccc2)NC(=O)[C@H]([C@@H](C)O)N(C)C1=O. The highest BCUT2D eigenvalue weighted by Gasteiger charge is 2.37. The largest absolute Gasteiger partial charge is 0.492 e. The quantitative estimate of drug-likeness (QED) is 0.453. The number of aliphatic hydroxyl groups excluding tert-OH is 1. The second-order valence-corrected chi connectivity index (χ2v) is 10.2. The second kappa shape index (κ2) is 15.2. The molecule has 3 amide bonds. The molecule has 1 heterocycles. The van der Waals surface area contributed by atoms with Crippen LogP contribution in [0.1, 0.15) is 38.3 Å². The van der Waals surface area contributed by atoms with Gasteiger partial charge in [-0.15, -0.1) is 0 Å². The van der Waals surface area contributed by atoms with Crippen LogP contribution in [-0.2, 0) is 20.8 Å². The van der Waals surface area contributed by atoms with Gasteiger partial charge in [0, 0.05) is 32.1 Å². The maximum atomic E-state index is 13.7. The van der Waals surface area contributed by atoms with Gasteiger partial charge >= 0.3 is 0 Å². The van der Waals surface area contributed by atoms with Crippen molar-refractivity contribution in [2.45, 2.75) is 57.8 Å². The smallest absolute Gasteiger partial charge is 0.246 e. The molecule has 1 unspecified atom stereocenters. The second-order valence-electron chi connectivity index (χ2n) is 10.2. The number of carbonyl (C=O) groups is 3. The number of rotatable bonds is 5. The lowest BCUT2D eigenvalue weighted by atomic mass is 9.96. The van der Waals surface area contributed by atoms with E-state index in [-0.39, 0.29) is 30.7 Å². The van der Waals surface area contributed by atoms with Crippen LogP contribution in [0.15, 0.2) is 60.7 Å². The first-order valence-corrected chi connectivity index (χ1v) is 13.9. The minimum atomic E-state index is -1.19. The van der Waals surface area contributed by atoms with Gasteiger partial charge in [-0.2, -0.15) is 0 Å². The Kier molecular flexibility index (Phi) is 11.7. The number of ether oxygens (including phenoxy) is 1. The van der Waals surface area contributed by atoms with Gasteiger partial charge < -0.3 is 30.7 Å². The summed E-state index contributed by atoms with van der Waals surface area (Å²) in [5.74, 6) is -0.627. The van der Waals surface area contributed by atoms with Crippen LogP contribution in [0.4, 0.5) is 0 Å². The lowest BCUT2D eigenvalue weighted by Gasteiger charge is -2.35. The molecule has 216 valence electrons. The number of nitrogens with zero attached hydrogens (tertiary/aromatic N) is 1. The molecule has 0 fully saturated rings. The van der Waals surface area contributed by atoms with Crippen molar-refractivity contribution in [3.63, 3.8) is 0 Å². The Morgan fingerprint density at radius 2 is 1.73 bits per heavy atom. The van der Waals surface area contributed by atoms with Gasteiger partial charge in [-0.3, -0.25) is 14.4 Å². The van der Waals surface area contributed by atoms with Gasteiger partial charge in [0.05, 0.1) is 12.1 Å². The fraction of sp³-hybridized carbons (Fsp3) is 0.452. The van der Waals surface area contributed by atoms with E-state index in [0.29, 0.717) is 18.9 Å². The standard InChI is InChI=1S/C31H42N4O5/c1-5-21(2)27-31(39)35(4)28(22(3)36)30(38)34-25(20-23-12-7-6-8-13-23)29(37)33-17-11-15-24-14-9-10-16-26(24)40-19-18-32-27/h6-16,21-22,25,27-28,32,36H,5,17-20H2,1-4H3,(H,33,37)(H,34,38)/b15-11-/t21?,22-,25-,27+,28+/m1/s1. The van der Waals surface area contributed by atoms with E-state index in [1.54, 1.807) is 0 Å². The number of amides is 3. The van der Waals surface area contributed by atoms with Crippen LogP contribution in [0.2, 0.25) is 0 Å². The average Bonchev–Trinajstić information content (AvgIpc) is 2.94. The fourth-order valence-corrected chi connectivity index (χ4v) is 4.75. The highest BCUT2D eigenvalue weighted by atomic mass is 16.5. The van der Waals surface area contributed by atoms with Crippen LogP contribution in [0, 0.1) is 5.92 Å². The van der Waals surface area contributed by atoms with Crippen LogP contribution in [0.5, 0.6) is 5.75 Å². The molecule has 1 aliphatic rings. The topological polar surface area (TPSA) is 120 Å². The Hall–Kier alpha value is -3.69. The maximum absolute atomic E-state index is 13.7. The zero-order valence-electron chi connectivity index (χ0n) is 23.8. The van der Waals surface area contributed by atoms with Crippen molar-refractivity contribution in [1.82, 2.24) is 20.9 Å². The number of hydrogen-bond acceptors (Lipinski definition) is 6. The molecule has 0 aromatic heterocycles. The summed E-state index contributed by atoms with van der Waals surface area (Å²) in [6.07, 6.45) is 3.52. The molecule has 2 aromatic rings. The minimum Gasteiger partial charge on any atom is -0.492 e. The molecule has 0 radical (unpaired) electrons. The molecule has 3 rings (SSSR count). The molecule has 1 aliphatic heterocycles. The molecule has 0 aliphatic carbocycles. The Bertz CT molecular complexity index is 1150. The van der Waals surface area contributed by atoms with Crippen molar-refractivity contribution in [3.05, 3.63) is 71.8 Å². The van der Waals surface area contributed by atoms with Gasteiger partial charge in [0.25, 0.3) is 0 Å². The number of hydrogen-bond donors (Lipinski definition) is 4. The van der Waals surface area contributed by atoms with Gasteiger partial charge in [-0.25, -0.2) is 0 Å². The number of nitrogens with one attached hydrogen (secondary N) is 3. The van der Waals surface area contributed by atoms with E-state index in [9.17, 15) is 19.5 Å². The van der Waals surface area contributed by atoms with Crippen LogP contribution in [-0.4, -0.2) is 78.7 Å². The lowest BCUT2D eigenvalue weighted by molar-refractivity contribution is -0.146. The Morgan fingerprint density at radius 3 is 2.42 bits per heavy atom. The molecule has 40 heavy (non-hydrogen) atoms. The van der Waals surface area contributed by atoms with Crippen LogP contribution >= 0.6 is 0 Å². The number of fused-ring (bicyclic) bond motifs is 1. The lowest BCUT2D eigenvalue weighted by Crippen LogP contribution is -2.61. The first-order valence-electron chi connectivity index (χ1n) is 13.9. The Labute approximate surface area is 237 Å². The normalized spacial score (nSPS) is 23.9.